The summed E-state index contributed by atoms with van der Waals surface area (Å²) in [5.74, 6) is -0.984. The number of rotatable bonds is 6. The first-order valence-electron chi connectivity index (χ1n) is 8.23. The van der Waals surface area contributed by atoms with Crippen molar-refractivity contribution in [2.45, 2.75) is 37.1 Å². The lowest BCUT2D eigenvalue weighted by Gasteiger charge is -2.27. The molecular weight excluding hydrogens is 344 g/mol. The largest absolute Gasteiger partial charge is 0.467 e. The van der Waals surface area contributed by atoms with Crippen molar-refractivity contribution in [3.63, 3.8) is 0 Å². The molecule has 0 fully saturated rings. The summed E-state index contributed by atoms with van der Waals surface area (Å²) in [6, 6.07) is 7.30. The van der Waals surface area contributed by atoms with Crippen molar-refractivity contribution in [2.75, 3.05) is 5.75 Å². The fraction of sp³-hybridized carbons (Fsp3) is 0.316. The average Bonchev–Trinajstić information content (AvgIpc) is 3.14. The molecule has 0 N–H and O–H groups in total. The summed E-state index contributed by atoms with van der Waals surface area (Å²) in [6.45, 7) is 0.385. The second-order valence-electron chi connectivity index (χ2n) is 5.87. The summed E-state index contributed by atoms with van der Waals surface area (Å²) >= 11 is 1.20. The predicted molar refractivity (Wildman–Crippen MR) is 92.9 cm³/mol. The molecule has 0 radical (unpaired) electrons. The van der Waals surface area contributed by atoms with Crippen LogP contribution in [0.4, 0.5) is 8.78 Å². The van der Waals surface area contributed by atoms with Crippen LogP contribution in [0.15, 0.2) is 57.7 Å². The number of benzene rings is 1. The van der Waals surface area contributed by atoms with Crippen LogP contribution in [-0.2, 0) is 11.3 Å². The van der Waals surface area contributed by atoms with Crippen molar-refractivity contribution in [3.8, 4) is 0 Å². The summed E-state index contributed by atoms with van der Waals surface area (Å²) in [7, 11) is 0. The number of halogens is 2. The lowest BCUT2D eigenvalue weighted by Crippen LogP contribution is -2.32. The van der Waals surface area contributed by atoms with Crippen molar-refractivity contribution >= 4 is 17.7 Å². The van der Waals surface area contributed by atoms with E-state index in [4.69, 9.17) is 4.42 Å². The number of hydrogen-bond acceptors (Lipinski definition) is 3. The molecule has 0 atom stereocenters. The van der Waals surface area contributed by atoms with Gasteiger partial charge < -0.3 is 9.32 Å². The Balaban J connectivity index is 1.69. The third kappa shape index (κ3) is 4.72. The molecule has 1 aromatic heterocycles. The summed E-state index contributed by atoms with van der Waals surface area (Å²) in [5.41, 5.74) is 1.01. The zero-order valence-corrected chi connectivity index (χ0v) is 14.5. The Morgan fingerprint density at radius 1 is 1.20 bits per heavy atom. The van der Waals surface area contributed by atoms with Crippen molar-refractivity contribution in [1.29, 1.82) is 0 Å². The summed E-state index contributed by atoms with van der Waals surface area (Å²) in [4.78, 5) is 15.0. The molecule has 0 aliphatic heterocycles. The fourth-order valence-electron chi connectivity index (χ4n) is 2.76. The molecule has 0 bridgehead atoms. The highest BCUT2D eigenvalue weighted by Crippen LogP contribution is 2.26. The standard InChI is InChI=1S/C19H19F2NO2S/c20-17-9-8-16(11-18(17)21)25-13-19(23)22(12-15-7-4-10-24-15)14-5-2-1-3-6-14/h4-5,7-11H,1-3,6,12-13H2. The number of hydrogen-bond donors (Lipinski definition) is 0. The van der Waals surface area contributed by atoms with E-state index < -0.39 is 11.6 Å². The number of allylic oxidation sites excluding steroid dienone is 2. The Morgan fingerprint density at radius 2 is 2.08 bits per heavy atom. The van der Waals surface area contributed by atoms with Gasteiger partial charge in [-0.05, 0) is 56.0 Å². The van der Waals surface area contributed by atoms with Crippen LogP contribution in [0.5, 0.6) is 0 Å². The van der Waals surface area contributed by atoms with Crippen LogP contribution in [0.3, 0.4) is 0 Å². The summed E-state index contributed by atoms with van der Waals surface area (Å²) < 4.78 is 31.7. The molecule has 0 saturated carbocycles. The van der Waals surface area contributed by atoms with Crippen LogP contribution in [0.1, 0.15) is 31.4 Å². The number of furan rings is 1. The highest BCUT2D eigenvalue weighted by Gasteiger charge is 2.21. The van der Waals surface area contributed by atoms with E-state index in [0.717, 1.165) is 49.3 Å². The number of amides is 1. The van der Waals surface area contributed by atoms with Gasteiger partial charge in [0.2, 0.25) is 5.91 Å². The molecule has 132 valence electrons. The number of carbonyl (C=O) groups is 1. The molecule has 0 unspecified atom stereocenters. The lowest BCUT2D eigenvalue weighted by molar-refractivity contribution is -0.127. The molecule has 1 aliphatic carbocycles. The molecule has 6 heteroatoms. The highest BCUT2D eigenvalue weighted by atomic mass is 32.2. The van der Waals surface area contributed by atoms with Gasteiger partial charge in [-0.3, -0.25) is 4.79 Å². The van der Waals surface area contributed by atoms with Gasteiger partial charge in [-0.2, -0.15) is 0 Å². The Bertz CT molecular complexity index is 759. The minimum atomic E-state index is -0.903. The van der Waals surface area contributed by atoms with Crippen molar-refractivity contribution < 1.29 is 18.0 Å². The Hall–Kier alpha value is -2.08. The van der Waals surface area contributed by atoms with E-state index in [0.29, 0.717) is 11.4 Å². The third-order valence-corrected chi connectivity index (χ3v) is 5.04. The number of thioether (sulfide) groups is 1. The molecule has 3 rings (SSSR count). The lowest BCUT2D eigenvalue weighted by atomic mass is 10.0. The minimum absolute atomic E-state index is 0.0701. The van der Waals surface area contributed by atoms with Gasteiger partial charge in [0, 0.05) is 10.6 Å². The van der Waals surface area contributed by atoms with Gasteiger partial charge in [-0.1, -0.05) is 6.08 Å². The van der Waals surface area contributed by atoms with E-state index >= 15 is 0 Å². The van der Waals surface area contributed by atoms with Gasteiger partial charge in [-0.15, -0.1) is 11.8 Å². The van der Waals surface area contributed by atoms with Crippen LogP contribution in [0, 0.1) is 11.6 Å². The molecule has 25 heavy (non-hydrogen) atoms. The molecular formula is C19H19F2NO2S. The smallest absolute Gasteiger partial charge is 0.237 e. The van der Waals surface area contributed by atoms with Gasteiger partial charge in [0.1, 0.15) is 5.76 Å². The highest BCUT2D eigenvalue weighted by molar-refractivity contribution is 8.00. The van der Waals surface area contributed by atoms with Crippen LogP contribution in [0.2, 0.25) is 0 Å². The molecule has 1 aromatic carbocycles. The normalized spacial score (nSPS) is 14.2. The fourth-order valence-corrected chi connectivity index (χ4v) is 3.56. The maximum absolute atomic E-state index is 13.3. The minimum Gasteiger partial charge on any atom is -0.467 e. The molecule has 1 amide bonds. The van der Waals surface area contributed by atoms with Crippen molar-refractivity contribution in [3.05, 3.63) is 65.8 Å². The zero-order chi connectivity index (χ0) is 17.6. The SMILES string of the molecule is O=C(CSc1ccc(F)c(F)c1)N(Cc1ccco1)C1=CCCCC1. The first kappa shape index (κ1) is 17.7. The average molecular weight is 363 g/mol. The van der Waals surface area contributed by atoms with Crippen molar-refractivity contribution in [2.24, 2.45) is 0 Å². The Morgan fingerprint density at radius 3 is 2.76 bits per heavy atom. The molecule has 1 aliphatic rings. The second-order valence-corrected chi connectivity index (χ2v) is 6.91. The summed E-state index contributed by atoms with van der Waals surface area (Å²) in [5, 5.41) is 0. The van der Waals surface area contributed by atoms with Crippen molar-refractivity contribution in [1.82, 2.24) is 4.90 Å². The van der Waals surface area contributed by atoms with Gasteiger partial charge in [0.15, 0.2) is 11.6 Å². The van der Waals surface area contributed by atoms with Gasteiger partial charge in [0.25, 0.3) is 0 Å². The van der Waals surface area contributed by atoms with Gasteiger partial charge in [-0.25, -0.2) is 8.78 Å². The summed E-state index contributed by atoms with van der Waals surface area (Å²) in [6.07, 6.45) is 7.71. The topological polar surface area (TPSA) is 33.5 Å². The van der Waals surface area contributed by atoms with E-state index in [2.05, 4.69) is 6.08 Å². The maximum atomic E-state index is 13.3. The molecule has 3 nitrogen and oxygen atoms in total. The molecule has 1 heterocycles. The number of nitrogens with zero attached hydrogens (tertiary/aromatic N) is 1. The molecule has 0 saturated heterocycles. The second kappa shape index (κ2) is 8.34. The monoisotopic (exact) mass is 363 g/mol. The van der Waals surface area contributed by atoms with E-state index in [-0.39, 0.29) is 11.7 Å². The molecule has 0 spiro atoms. The predicted octanol–water partition coefficient (Wildman–Crippen LogP) is 5.14. The maximum Gasteiger partial charge on any atom is 0.237 e. The first-order chi connectivity index (χ1) is 12.1. The zero-order valence-electron chi connectivity index (χ0n) is 13.7. The Kier molecular flexibility index (Phi) is 5.91. The van der Waals surface area contributed by atoms with E-state index in [1.807, 2.05) is 6.07 Å². The van der Waals surface area contributed by atoms with E-state index in [1.165, 1.54) is 17.8 Å². The third-order valence-electron chi connectivity index (χ3n) is 4.06. The first-order valence-corrected chi connectivity index (χ1v) is 9.21. The van der Waals surface area contributed by atoms with Crippen LogP contribution in [0.25, 0.3) is 0 Å². The Labute approximate surface area is 149 Å². The number of carbonyl (C=O) groups excluding carboxylic acids is 1. The van der Waals surface area contributed by atoms with Crippen LogP contribution in [-0.4, -0.2) is 16.6 Å². The quantitative estimate of drug-likeness (QED) is 0.667. The van der Waals surface area contributed by atoms with Gasteiger partial charge >= 0.3 is 0 Å². The molecule has 2 aromatic rings. The van der Waals surface area contributed by atoms with E-state index in [9.17, 15) is 13.6 Å². The van der Waals surface area contributed by atoms with Gasteiger partial charge in [0.05, 0.1) is 18.6 Å². The van der Waals surface area contributed by atoms with Crippen LogP contribution >= 0.6 is 11.8 Å². The van der Waals surface area contributed by atoms with E-state index in [1.54, 1.807) is 17.2 Å². The van der Waals surface area contributed by atoms with Crippen LogP contribution < -0.4 is 0 Å².